The molecule has 5 aromatic carbocycles. The minimum Gasteiger partial charge on any atom is -0.418 e. The molecule has 6 rings (SSSR count). The average Bonchev–Trinajstić information content (AvgIpc) is 3.56. The van der Waals surface area contributed by atoms with Gasteiger partial charge in [-0.15, -0.1) is 0 Å². The molecule has 6 nitrogen and oxygen atoms in total. The Morgan fingerprint density at radius 2 is 0.796 bits per heavy atom. The smallest absolute Gasteiger partial charge is 0.418 e. The topological polar surface area (TPSA) is 19.2 Å². The largest absolute Gasteiger partial charge is 0.673 e. The van der Waals surface area contributed by atoms with Crippen LogP contribution in [0, 0.1) is 0 Å². The highest BCUT2D eigenvalue weighted by Crippen LogP contribution is 2.37. The molecule has 0 aromatic heterocycles. The van der Waals surface area contributed by atoms with Crippen molar-refractivity contribution in [3.63, 3.8) is 0 Å². The molecule has 0 spiro atoms. The van der Waals surface area contributed by atoms with Crippen LogP contribution >= 0.6 is 0 Å². The molecular weight excluding hydrogens is 687 g/mol. The number of halogens is 4. The van der Waals surface area contributed by atoms with Crippen LogP contribution in [0.25, 0.3) is 0 Å². The molecule has 284 valence electrons. The summed E-state index contributed by atoms with van der Waals surface area (Å²) in [5, 5.41) is 0. The summed E-state index contributed by atoms with van der Waals surface area (Å²) in [5.74, 6) is 1.25. The van der Waals surface area contributed by atoms with E-state index in [0.717, 1.165) is 13.1 Å². The van der Waals surface area contributed by atoms with Gasteiger partial charge in [-0.3, -0.25) is 0 Å². The van der Waals surface area contributed by atoms with Crippen molar-refractivity contribution in [1.29, 1.82) is 0 Å². The molecule has 0 saturated heterocycles. The average molecular weight is 739 g/mol. The van der Waals surface area contributed by atoms with Crippen molar-refractivity contribution >= 4 is 35.8 Å². The maximum absolute atomic E-state index is 9.75. The van der Waals surface area contributed by atoms with Gasteiger partial charge >= 0.3 is 7.25 Å². The van der Waals surface area contributed by atoms with Crippen molar-refractivity contribution < 1.29 is 21.8 Å². The molecule has 0 saturated carbocycles. The highest BCUT2D eigenvalue weighted by Gasteiger charge is 2.42. The second-order valence-electron chi connectivity index (χ2n) is 14.3. The van der Waals surface area contributed by atoms with Crippen LogP contribution in [-0.2, 0) is 0 Å². The number of hydrogen-bond donors (Lipinski definition) is 0. The highest BCUT2D eigenvalue weighted by atomic mass is 19.5. The van der Waals surface area contributed by atoms with Gasteiger partial charge in [-0.25, -0.2) is 9.48 Å². The molecule has 0 aliphatic carbocycles. The first-order valence-corrected chi connectivity index (χ1v) is 18.0. The van der Waals surface area contributed by atoms with Crippen LogP contribution in [0.2, 0.25) is 0 Å². The van der Waals surface area contributed by atoms with E-state index in [4.69, 9.17) is 0 Å². The number of hydrogen-bond acceptors (Lipinski definition) is 5. The van der Waals surface area contributed by atoms with E-state index < -0.39 is 7.25 Å². The lowest BCUT2D eigenvalue weighted by Crippen LogP contribution is -2.35. The van der Waals surface area contributed by atoms with Crippen LogP contribution in [0.5, 0.6) is 0 Å². The van der Waals surface area contributed by atoms with E-state index in [0.29, 0.717) is 0 Å². The second kappa shape index (κ2) is 17.1. The van der Waals surface area contributed by atoms with Gasteiger partial charge in [-0.05, 0) is 60.7 Å². The van der Waals surface area contributed by atoms with Gasteiger partial charge < -0.3 is 36.9 Å². The fourth-order valence-electron chi connectivity index (χ4n) is 6.94. The molecule has 0 radical (unpaired) electrons. The zero-order valence-corrected chi connectivity index (χ0v) is 32.5. The second-order valence-corrected chi connectivity index (χ2v) is 14.3. The monoisotopic (exact) mass is 738 g/mol. The van der Waals surface area contributed by atoms with Crippen molar-refractivity contribution in [2.24, 2.45) is 0 Å². The summed E-state index contributed by atoms with van der Waals surface area (Å²) in [6.07, 6.45) is 0. The molecule has 0 bridgehead atoms. The highest BCUT2D eigenvalue weighted by molar-refractivity contribution is 6.50. The van der Waals surface area contributed by atoms with Crippen LogP contribution in [0.4, 0.5) is 40.0 Å². The summed E-state index contributed by atoms with van der Waals surface area (Å²) in [4.78, 5) is 11.3. The van der Waals surface area contributed by atoms with E-state index in [1.807, 2.05) is 0 Å². The first-order chi connectivity index (χ1) is 25.6. The standard InChI is InChI=1S/C43H51N6.BF4/c1-44(2)37-22-14-32(15-23-37)41(33-16-24-38(25-17-33)45(3)4)48-30-31-49(43(48)36-12-10-9-11-13-36)42(34-18-26-39(27-19-34)46(5)6)35-20-28-40(29-21-35)47(7)8;2-1(3,4)5/h9-29,41-42H,30-31H2,1-8H3;/q+1;-1. The van der Waals surface area contributed by atoms with E-state index in [1.165, 1.54) is 56.4 Å². The van der Waals surface area contributed by atoms with E-state index >= 15 is 0 Å². The predicted octanol–water partition coefficient (Wildman–Crippen LogP) is 8.90. The zero-order valence-electron chi connectivity index (χ0n) is 32.5. The van der Waals surface area contributed by atoms with Gasteiger partial charge in [-0.1, -0.05) is 66.7 Å². The molecule has 0 atom stereocenters. The number of benzene rings is 5. The van der Waals surface area contributed by atoms with Crippen LogP contribution in [0.15, 0.2) is 127 Å². The van der Waals surface area contributed by atoms with Crippen LogP contribution in [-0.4, -0.2) is 92.0 Å². The Bertz CT molecular complexity index is 1850. The van der Waals surface area contributed by atoms with E-state index in [9.17, 15) is 17.3 Å². The molecule has 54 heavy (non-hydrogen) atoms. The minimum absolute atomic E-state index is 0.0283. The van der Waals surface area contributed by atoms with Gasteiger partial charge in [0.25, 0.3) is 5.84 Å². The lowest BCUT2D eigenvalue weighted by atomic mass is 9.95. The molecule has 0 unspecified atom stereocenters. The van der Waals surface area contributed by atoms with Crippen LogP contribution in [0.1, 0.15) is 39.9 Å². The van der Waals surface area contributed by atoms with Gasteiger partial charge in [0, 0.05) is 101 Å². The summed E-state index contributed by atoms with van der Waals surface area (Å²) in [5.41, 5.74) is 11.1. The van der Waals surface area contributed by atoms with E-state index in [2.05, 4.69) is 213 Å². The molecule has 5 aromatic rings. The Kier molecular flexibility index (Phi) is 12.6. The Morgan fingerprint density at radius 1 is 0.481 bits per heavy atom. The molecular formula is C43H51BF4N6. The number of amidine groups is 1. The van der Waals surface area contributed by atoms with Gasteiger partial charge in [-0.2, -0.15) is 0 Å². The third-order valence-corrected chi connectivity index (χ3v) is 9.68. The summed E-state index contributed by atoms with van der Waals surface area (Å²) in [6, 6.07) is 47.4. The lowest BCUT2D eigenvalue weighted by Gasteiger charge is -2.27. The third kappa shape index (κ3) is 9.75. The Labute approximate surface area is 318 Å². The summed E-state index contributed by atoms with van der Waals surface area (Å²) >= 11 is 0. The fourth-order valence-corrected chi connectivity index (χ4v) is 6.94. The molecule has 11 heteroatoms. The van der Waals surface area contributed by atoms with Gasteiger partial charge in [0.2, 0.25) is 0 Å². The molecule has 0 N–H and O–H groups in total. The Morgan fingerprint density at radius 3 is 1.11 bits per heavy atom. The van der Waals surface area contributed by atoms with E-state index in [-0.39, 0.29) is 12.1 Å². The molecule has 0 fully saturated rings. The van der Waals surface area contributed by atoms with Gasteiger partial charge in [0.1, 0.15) is 25.2 Å². The predicted molar refractivity (Wildman–Crippen MR) is 219 cm³/mol. The summed E-state index contributed by atoms with van der Waals surface area (Å²) in [7, 11) is 10.8. The van der Waals surface area contributed by atoms with Gasteiger partial charge in [0.05, 0.1) is 5.56 Å². The Balaban J connectivity index is 0.00000105. The number of anilines is 4. The normalized spacial score (nSPS) is 12.9. The number of nitrogens with zero attached hydrogens (tertiary/aromatic N) is 6. The zero-order chi connectivity index (χ0) is 39.2. The first kappa shape index (κ1) is 39.8. The van der Waals surface area contributed by atoms with Crippen LogP contribution in [0.3, 0.4) is 0 Å². The maximum Gasteiger partial charge on any atom is 0.673 e. The van der Waals surface area contributed by atoms with E-state index in [1.54, 1.807) is 0 Å². The van der Waals surface area contributed by atoms with Crippen molar-refractivity contribution in [1.82, 2.24) is 4.90 Å². The van der Waals surface area contributed by atoms with Gasteiger partial charge in [0.15, 0.2) is 0 Å². The number of rotatable bonds is 11. The molecule has 1 aliphatic rings. The molecule has 1 aliphatic heterocycles. The first-order valence-electron chi connectivity index (χ1n) is 18.0. The quantitative estimate of drug-likeness (QED) is 0.0764. The van der Waals surface area contributed by atoms with Crippen molar-refractivity contribution in [2.45, 2.75) is 12.1 Å². The fraction of sp³-hybridized carbons (Fsp3) is 0.279. The Hall–Kier alpha value is -5.45. The summed E-state index contributed by atoms with van der Waals surface area (Å²) in [6.45, 7) is 1.78. The third-order valence-electron chi connectivity index (χ3n) is 9.68. The van der Waals surface area contributed by atoms with Crippen molar-refractivity contribution in [3.8, 4) is 0 Å². The lowest BCUT2D eigenvalue weighted by molar-refractivity contribution is -0.552. The van der Waals surface area contributed by atoms with Crippen LogP contribution < -0.4 is 19.6 Å². The molecule has 0 amide bonds. The van der Waals surface area contributed by atoms with Crippen molar-refractivity contribution in [2.75, 3.05) is 89.1 Å². The minimum atomic E-state index is -6.00. The summed E-state index contributed by atoms with van der Waals surface area (Å²) < 4.78 is 41.6. The maximum atomic E-state index is 9.75. The van der Waals surface area contributed by atoms with Crippen molar-refractivity contribution in [3.05, 3.63) is 155 Å². The SMILES string of the molecule is CN(C)c1ccc(C(c2ccc(N(C)C)cc2)N2CC[N+](C(c3ccc(N(C)C)cc3)c3ccc(N(C)C)cc3)=C2c2ccccc2)cc1.F[B-](F)(F)F. The molecule has 1 heterocycles.